The van der Waals surface area contributed by atoms with Crippen molar-refractivity contribution in [2.75, 3.05) is 6.61 Å². The zero-order valence-corrected chi connectivity index (χ0v) is 16.9. The Kier molecular flexibility index (Phi) is 6.01. The smallest absolute Gasteiger partial charge is 0.341 e. The molecule has 0 heterocycles. The van der Waals surface area contributed by atoms with Crippen LogP contribution >= 0.6 is 0 Å². The molecule has 29 heavy (non-hydrogen) atoms. The average molecular weight is 394 g/mol. The third-order valence-electron chi connectivity index (χ3n) is 4.98. The molecule has 0 aromatic heterocycles. The van der Waals surface area contributed by atoms with Gasteiger partial charge in [-0.1, -0.05) is 57.2 Å². The molecule has 0 saturated heterocycles. The second-order valence-corrected chi connectivity index (χ2v) is 8.28. The third-order valence-corrected chi connectivity index (χ3v) is 4.98. The predicted octanol–water partition coefficient (Wildman–Crippen LogP) is 3.70. The lowest BCUT2D eigenvalue weighted by atomic mass is 9.86. The van der Waals surface area contributed by atoms with Gasteiger partial charge in [-0.3, -0.25) is 4.79 Å². The molecule has 0 bridgehead atoms. The number of benzene rings is 2. The van der Waals surface area contributed by atoms with Gasteiger partial charge in [-0.25, -0.2) is 10.2 Å². The van der Waals surface area contributed by atoms with Gasteiger partial charge in [-0.2, -0.15) is 5.10 Å². The maximum atomic E-state index is 12.4. The molecule has 2 atom stereocenters. The molecule has 2 N–H and O–H groups in total. The molecule has 2 aromatic carbocycles. The second kappa shape index (κ2) is 8.47. The summed E-state index contributed by atoms with van der Waals surface area (Å²) in [5, 5.41) is 12.8. The van der Waals surface area contributed by atoms with Crippen LogP contribution < -0.4 is 10.2 Å². The number of carbonyl (C=O) groups is 2. The van der Waals surface area contributed by atoms with Crippen LogP contribution in [0.5, 0.6) is 5.75 Å². The summed E-state index contributed by atoms with van der Waals surface area (Å²) in [6, 6.07) is 15.4. The van der Waals surface area contributed by atoms with E-state index in [-0.39, 0.29) is 23.2 Å². The summed E-state index contributed by atoms with van der Waals surface area (Å²) in [6.45, 7) is 6.10. The van der Waals surface area contributed by atoms with Crippen molar-refractivity contribution in [1.82, 2.24) is 5.43 Å². The maximum absolute atomic E-state index is 12.4. The number of aliphatic carboxylic acids is 1. The molecule has 152 valence electrons. The number of nitrogens with one attached hydrogen (secondary N) is 1. The maximum Gasteiger partial charge on any atom is 0.341 e. The number of para-hydroxylation sites is 1. The molecular weight excluding hydrogens is 368 g/mol. The summed E-state index contributed by atoms with van der Waals surface area (Å²) >= 11 is 0. The van der Waals surface area contributed by atoms with Crippen LogP contribution in [0, 0.1) is 5.92 Å². The highest BCUT2D eigenvalue weighted by Gasteiger charge is 2.44. The summed E-state index contributed by atoms with van der Waals surface area (Å²) in [7, 11) is 0. The first-order valence-corrected chi connectivity index (χ1v) is 9.62. The summed E-state index contributed by atoms with van der Waals surface area (Å²) in [5.74, 6) is -0.622. The lowest BCUT2D eigenvalue weighted by molar-refractivity contribution is -0.139. The van der Waals surface area contributed by atoms with E-state index in [1.54, 1.807) is 24.3 Å². The monoisotopic (exact) mass is 394 g/mol. The van der Waals surface area contributed by atoms with Crippen LogP contribution in [0.1, 0.15) is 49.8 Å². The first kappa shape index (κ1) is 20.6. The number of carbonyl (C=O) groups excluding carboxylic acids is 1. The Labute approximate surface area is 170 Å². The number of hydrogen-bond acceptors (Lipinski definition) is 4. The van der Waals surface area contributed by atoms with E-state index in [1.165, 1.54) is 17.3 Å². The number of amides is 1. The van der Waals surface area contributed by atoms with Gasteiger partial charge in [0.2, 0.25) is 5.91 Å². The Balaban J connectivity index is 1.55. The summed E-state index contributed by atoms with van der Waals surface area (Å²) in [4.78, 5) is 23.0. The van der Waals surface area contributed by atoms with Crippen molar-refractivity contribution in [3.05, 3.63) is 65.2 Å². The van der Waals surface area contributed by atoms with Crippen LogP contribution in [0.3, 0.4) is 0 Å². The minimum absolute atomic E-state index is 0.0776. The van der Waals surface area contributed by atoms with E-state index in [9.17, 15) is 9.59 Å². The topological polar surface area (TPSA) is 88.0 Å². The SMILES string of the molecule is CC(C)(C)c1ccc(C2CC2C(=O)N/N=C\c2ccccc2OCC(=O)O)cc1. The zero-order chi connectivity index (χ0) is 21.0. The Morgan fingerprint density at radius 1 is 1.17 bits per heavy atom. The Morgan fingerprint density at radius 2 is 1.86 bits per heavy atom. The van der Waals surface area contributed by atoms with Gasteiger partial charge in [0.25, 0.3) is 0 Å². The van der Waals surface area contributed by atoms with E-state index in [0.717, 1.165) is 6.42 Å². The highest BCUT2D eigenvalue weighted by molar-refractivity contribution is 5.87. The molecule has 6 nitrogen and oxygen atoms in total. The molecule has 1 aliphatic carbocycles. The van der Waals surface area contributed by atoms with E-state index >= 15 is 0 Å². The van der Waals surface area contributed by atoms with Crippen LogP contribution in [0.2, 0.25) is 0 Å². The molecule has 2 aromatic rings. The van der Waals surface area contributed by atoms with Gasteiger partial charge in [0.05, 0.1) is 6.21 Å². The van der Waals surface area contributed by atoms with Crippen LogP contribution in [-0.4, -0.2) is 29.8 Å². The lowest BCUT2D eigenvalue weighted by Crippen LogP contribution is -2.20. The number of rotatable bonds is 7. The summed E-state index contributed by atoms with van der Waals surface area (Å²) in [5.41, 5.74) is 5.73. The molecule has 2 unspecified atom stereocenters. The average Bonchev–Trinajstić information content (AvgIpc) is 3.47. The zero-order valence-electron chi connectivity index (χ0n) is 16.9. The van der Waals surface area contributed by atoms with Gasteiger partial charge in [0.15, 0.2) is 6.61 Å². The molecular formula is C23H26N2O4. The number of ether oxygens (including phenoxy) is 1. The Bertz CT molecular complexity index is 913. The molecule has 1 saturated carbocycles. The molecule has 1 amide bonds. The van der Waals surface area contributed by atoms with Gasteiger partial charge in [-0.05, 0) is 41.0 Å². The number of carboxylic acids is 1. The van der Waals surface area contributed by atoms with Gasteiger partial charge in [-0.15, -0.1) is 0 Å². The van der Waals surface area contributed by atoms with Crippen LogP contribution in [-0.2, 0) is 15.0 Å². The quantitative estimate of drug-likeness (QED) is 0.554. The number of carboxylic acid groups (broad SMARTS) is 1. The fourth-order valence-corrected chi connectivity index (χ4v) is 3.19. The molecule has 1 fully saturated rings. The number of nitrogens with zero attached hydrogens (tertiary/aromatic N) is 1. The fraction of sp³-hybridized carbons (Fsp3) is 0.348. The molecule has 0 spiro atoms. The Morgan fingerprint density at radius 3 is 2.52 bits per heavy atom. The lowest BCUT2D eigenvalue weighted by Gasteiger charge is -2.19. The third kappa shape index (κ3) is 5.44. The fourth-order valence-electron chi connectivity index (χ4n) is 3.19. The molecule has 0 aliphatic heterocycles. The van der Waals surface area contributed by atoms with Crippen molar-refractivity contribution >= 4 is 18.1 Å². The van der Waals surface area contributed by atoms with E-state index in [0.29, 0.717) is 11.3 Å². The minimum Gasteiger partial charge on any atom is -0.481 e. The van der Waals surface area contributed by atoms with Crippen molar-refractivity contribution in [3.8, 4) is 5.75 Å². The van der Waals surface area contributed by atoms with E-state index < -0.39 is 12.6 Å². The van der Waals surface area contributed by atoms with E-state index in [1.807, 2.05) is 0 Å². The number of hydrogen-bond donors (Lipinski definition) is 2. The molecule has 6 heteroatoms. The Hall–Kier alpha value is -3.15. The van der Waals surface area contributed by atoms with E-state index in [2.05, 4.69) is 55.6 Å². The van der Waals surface area contributed by atoms with Crippen molar-refractivity contribution in [2.45, 2.75) is 38.5 Å². The van der Waals surface area contributed by atoms with Crippen molar-refractivity contribution in [3.63, 3.8) is 0 Å². The normalized spacial score (nSPS) is 18.4. The summed E-state index contributed by atoms with van der Waals surface area (Å²) in [6.07, 6.45) is 2.28. The highest BCUT2D eigenvalue weighted by atomic mass is 16.5. The molecule has 1 aliphatic rings. The minimum atomic E-state index is -1.06. The van der Waals surface area contributed by atoms with Crippen LogP contribution in [0.4, 0.5) is 0 Å². The largest absolute Gasteiger partial charge is 0.481 e. The highest BCUT2D eigenvalue weighted by Crippen LogP contribution is 2.47. The predicted molar refractivity (Wildman–Crippen MR) is 111 cm³/mol. The molecule has 3 rings (SSSR count). The molecule has 0 radical (unpaired) electrons. The number of hydrazone groups is 1. The van der Waals surface area contributed by atoms with E-state index in [4.69, 9.17) is 9.84 Å². The second-order valence-electron chi connectivity index (χ2n) is 8.28. The van der Waals surface area contributed by atoms with Gasteiger partial charge in [0.1, 0.15) is 5.75 Å². The summed E-state index contributed by atoms with van der Waals surface area (Å²) < 4.78 is 5.22. The van der Waals surface area contributed by atoms with Gasteiger partial charge < -0.3 is 9.84 Å². The van der Waals surface area contributed by atoms with Crippen molar-refractivity contribution in [2.24, 2.45) is 11.0 Å². The standard InChI is InChI=1S/C23H26N2O4/c1-23(2,3)17-10-8-15(9-11-17)18-12-19(18)22(28)25-24-13-16-6-4-5-7-20(16)29-14-21(26)27/h4-11,13,18-19H,12,14H2,1-3H3,(H,25,28)(H,26,27)/b24-13-. The van der Waals surface area contributed by atoms with Gasteiger partial charge in [0, 0.05) is 11.5 Å². The van der Waals surface area contributed by atoms with Crippen molar-refractivity contribution in [1.29, 1.82) is 0 Å². The van der Waals surface area contributed by atoms with Crippen LogP contribution in [0.15, 0.2) is 53.6 Å². The van der Waals surface area contributed by atoms with Crippen LogP contribution in [0.25, 0.3) is 0 Å². The van der Waals surface area contributed by atoms with Crippen molar-refractivity contribution < 1.29 is 19.4 Å². The first-order valence-electron chi connectivity index (χ1n) is 9.62. The van der Waals surface area contributed by atoms with Gasteiger partial charge >= 0.3 is 5.97 Å². The first-order chi connectivity index (χ1) is 13.8.